The van der Waals surface area contributed by atoms with Crippen molar-refractivity contribution >= 4 is 18.7 Å². The van der Waals surface area contributed by atoms with Gasteiger partial charge in [-0.2, -0.15) is 0 Å². The Balaban J connectivity index is 1.95. The zero-order chi connectivity index (χ0) is 13.5. The van der Waals surface area contributed by atoms with Crippen molar-refractivity contribution < 1.29 is 14.8 Å². The van der Waals surface area contributed by atoms with Gasteiger partial charge < -0.3 is 14.8 Å². The van der Waals surface area contributed by atoms with Crippen molar-refractivity contribution in [1.82, 2.24) is 0 Å². The van der Waals surface area contributed by atoms with E-state index in [1.807, 2.05) is 42.5 Å². The molecule has 0 aliphatic carbocycles. The van der Waals surface area contributed by atoms with Gasteiger partial charge >= 0.3 is 7.12 Å². The van der Waals surface area contributed by atoms with Crippen LogP contribution >= 0.6 is 0 Å². The molecule has 3 nitrogen and oxygen atoms in total. The first-order valence-corrected chi connectivity index (χ1v) is 6.07. The molecule has 2 N–H and O–H groups in total. The standard InChI is InChI=1S/C15H15BO3/c17-16(18)14-10-4-5-11-15(14)19-12-6-9-13-7-2-1-3-8-13/h1-11,17-18H,12H2/b9-6+. The number of hydrogen-bond acceptors (Lipinski definition) is 3. The van der Waals surface area contributed by atoms with Crippen LogP contribution in [0.2, 0.25) is 0 Å². The Morgan fingerprint density at radius 1 is 0.947 bits per heavy atom. The number of rotatable bonds is 5. The van der Waals surface area contributed by atoms with Crippen molar-refractivity contribution in [3.63, 3.8) is 0 Å². The molecule has 2 aromatic rings. The normalized spacial score (nSPS) is 10.6. The molecular weight excluding hydrogens is 239 g/mol. The molecule has 0 amide bonds. The first kappa shape index (κ1) is 13.4. The number of benzene rings is 2. The maximum Gasteiger partial charge on any atom is 0.492 e. The summed E-state index contributed by atoms with van der Waals surface area (Å²) in [5, 5.41) is 18.4. The van der Waals surface area contributed by atoms with Crippen LogP contribution in [0.1, 0.15) is 5.56 Å². The third-order valence-electron chi connectivity index (χ3n) is 2.64. The molecule has 0 atom stereocenters. The van der Waals surface area contributed by atoms with E-state index in [1.165, 1.54) is 0 Å². The van der Waals surface area contributed by atoms with E-state index in [0.29, 0.717) is 17.8 Å². The molecule has 0 aliphatic heterocycles. The molecule has 0 aliphatic rings. The third kappa shape index (κ3) is 3.98. The van der Waals surface area contributed by atoms with Crippen LogP contribution in [0.5, 0.6) is 5.75 Å². The fraction of sp³-hybridized carbons (Fsp3) is 0.0667. The zero-order valence-corrected chi connectivity index (χ0v) is 10.4. The summed E-state index contributed by atoms with van der Waals surface area (Å²) in [6.07, 6.45) is 3.84. The van der Waals surface area contributed by atoms with Crippen LogP contribution in [0, 0.1) is 0 Å². The number of ether oxygens (including phenoxy) is 1. The summed E-state index contributed by atoms with van der Waals surface area (Å²) in [4.78, 5) is 0. The number of para-hydroxylation sites is 1. The molecule has 96 valence electrons. The van der Waals surface area contributed by atoms with Gasteiger partial charge in [-0.3, -0.25) is 0 Å². The van der Waals surface area contributed by atoms with Crippen molar-refractivity contribution in [2.45, 2.75) is 0 Å². The molecule has 0 unspecified atom stereocenters. The number of hydrogen-bond donors (Lipinski definition) is 2. The summed E-state index contributed by atoms with van der Waals surface area (Å²) in [7, 11) is -1.52. The van der Waals surface area contributed by atoms with E-state index in [1.54, 1.807) is 24.3 Å². The van der Waals surface area contributed by atoms with E-state index in [2.05, 4.69) is 0 Å². The van der Waals surface area contributed by atoms with Gasteiger partial charge in [0.05, 0.1) is 0 Å². The Bertz CT molecular complexity index is 538. The minimum atomic E-state index is -1.52. The van der Waals surface area contributed by atoms with Crippen LogP contribution in [-0.2, 0) is 0 Å². The molecule has 0 spiro atoms. The first-order chi connectivity index (χ1) is 9.27. The minimum absolute atomic E-state index is 0.371. The van der Waals surface area contributed by atoms with Crippen LogP contribution in [0.3, 0.4) is 0 Å². The predicted octanol–water partition coefficient (Wildman–Crippen LogP) is 1.46. The van der Waals surface area contributed by atoms with Gasteiger partial charge in [0.25, 0.3) is 0 Å². The minimum Gasteiger partial charge on any atom is -0.490 e. The fourth-order valence-electron chi connectivity index (χ4n) is 1.71. The molecule has 0 saturated carbocycles. The highest BCUT2D eigenvalue weighted by molar-refractivity contribution is 6.59. The molecule has 0 bridgehead atoms. The maximum atomic E-state index is 9.20. The Morgan fingerprint density at radius 2 is 1.63 bits per heavy atom. The molecule has 0 fully saturated rings. The Kier molecular flexibility index (Phi) is 4.78. The Hall–Kier alpha value is -2.04. The van der Waals surface area contributed by atoms with Crippen LogP contribution in [0.15, 0.2) is 60.7 Å². The van der Waals surface area contributed by atoms with Gasteiger partial charge in [-0.25, -0.2) is 0 Å². The summed E-state index contributed by atoms with van der Waals surface area (Å²) < 4.78 is 5.51. The molecule has 0 saturated heterocycles. The second kappa shape index (κ2) is 6.78. The van der Waals surface area contributed by atoms with Crippen LogP contribution in [0.25, 0.3) is 6.08 Å². The van der Waals surface area contributed by atoms with Crippen LogP contribution in [0.4, 0.5) is 0 Å². The molecule has 0 aromatic heterocycles. The van der Waals surface area contributed by atoms with Gasteiger partial charge in [0.15, 0.2) is 0 Å². The van der Waals surface area contributed by atoms with Crippen LogP contribution < -0.4 is 10.2 Å². The monoisotopic (exact) mass is 254 g/mol. The van der Waals surface area contributed by atoms with Gasteiger partial charge in [-0.05, 0) is 17.7 Å². The average Bonchev–Trinajstić information content (AvgIpc) is 2.45. The molecule has 0 radical (unpaired) electrons. The lowest BCUT2D eigenvalue weighted by atomic mass is 9.79. The topological polar surface area (TPSA) is 49.7 Å². The maximum absolute atomic E-state index is 9.20. The summed E-state index contributed by atoms with van der Waals surface area (Å²) >= 11 is 0. The van der Waals surface area contributed by atoms with E-state index in [4.69, 9.17) is 4.74 Å². The van der Waals surface area contributed by atoms with Gasteiger partial charge in [-0.1, -0.05) is 54.6 Å². The van der Waals surface area contributed by atoms with E-state index >= 15 is 0 Å². The molecular formula is C15H15BO3. The second-order valence-corrected chi connectivity index (χ2v) is 4.04. The molecule has 19 heavy (non-hydrogen) atoms. The van der Waals surface area contributed by atoms with Crippen LogP contribution in [-0.4, -0.2) is 23.8 Å². The largest absolute Gasteiger partial charge is 0.492 e. The van der Waals surface area contributed by atoms with E-state index in [9.17, 15) is 10.0 Å². The zero-order valence-electron chi connectivity index (χ0n) is 10.4. The molecule has 2 rings (SSSR count). The van der Waals surface area contributed by atoms with Gasteiger partial charge in [0.1, 0.15) is 12.4 Å². The van der Waals surface area contributed by atoms with Crippen molar-refractivity contribution in [3.05, 3.63) is 66.2 Å². The highest BCUT2D eigenvalue weighted by atomic mass is 16.5. The highest BCUT2D eigenvalue weighted by Gasteiger charge is 2.15. The average molecular weight is 254 g/mol. The summed E-state index contributed by atoms with van der Waals surface area (Å²) in [6.45, 7) is 0.374. The van der Waals surface area contributed by atoms with E-state index in [0.717, 1.165) is 5.56 Å². The first-order valence-electron chi connectivity index (χ1n) is 6.07. The predicted molar refractivity (Wildman–Crippen MR) is 77.2 cm³/mol. The van der Waals surface area contributed by atoms with Crippen molar-refractivity contribution in [3.8, 4) is 5.75 Å². The second-order valence-electron chi connectivity index (χ2n) is 4.04. The molecule has 4 heteroatoms. The fourth-order valence-corrected chi connectivity index (χ4v) is 1.71. The van der Waals surface area contributed by atoms with Gasteiger partial charge in [-0.15, -0.1) is 0 Å². The third-order valence-corrected chi connectivity index (χ3v) is 2.64. The van der Waals surface area contributed by atoms with Gasteiger partial charge in [0.2, 0.25) is 0 Å². The lowest BCUT2D eigenvalue weighted by molar-refractivity contribution is 0.362. The quantitative estimate of drug-likeness (QED) is 0.794. The highest BCUT2D eigenvalue weighted by Crippen LogP contribution is 2.07. The summed E-state index contributed by atoms with van der Waals surface area (Å²) in [6, 6.07) is 16.8. The Morgan fingerprint density at radius 3 is 2.37 bits per heavy atom. The van der Waals surface area contributed by atoms with E-state index in [-0.39, 0.29) is 0 Å². The van der Waals surface area contributed by atoms with Crippen molar-refractivity contribution in [2.24, 2.45) is 0 Å². The molecule has 2 aromatic carbocycles. The Labute approximate surface area is 112 Å². The smallest absolute Gasteiger partial charge is 0.490 e. The SMILES string of the molecule is OB(O)c1ccccc1OC/C=C/c1ccccc1. The van der Waals surface area contributed by atoms with Crippen molar-refractivity contribution in [1.29, 1.82) is 0 Å². The van der Waals surface area contributed by atoms with E-state index < -0.39 is 7.12 Å². The summed E-state index contributed by atoms with van der Waals surface area (Å²) in [5.74, 6) is 0.482. The lowest BCUT2D eigenvalue weighted by Gasteiger charge is -2.08. The lowest BCUT2D eigenvalue weighted by Crippen LogP contribution is -2.31. The summed E-state index contributed by atoms with van der Waals surface area (Å²) in [5.41, 5.74) is 1.47. The van der Waals surface area contributed by atoms with Crippen molar-refractivity contribution in [2.75, 3.05) is 6.61 Å². The molecule has 0 heterocycles. The van der Waals surface area contributed by atoms with Gasteiger partial charge in [0, 0.05) is 5.46 Å².